The first-order valence-electron chi connectivity index (χ1n) is 7.79. The van der Waals surface area contributed by atoms with Crippen molar-refractivity contribution in [3.8, 4) is 0 Å². The molecule has 1 saturated carbocycles. The maximum absolute atomic E-state index is 14.1. The predicted octanol–water partition coefficient (Wildman–Crippen LogP) is 4.33. The predicted molar refractivity (Wildman–Crippen MR) is 85.9 cm³/mol. The highest BCUT2D eigenvalue weighted by atomic mass is 19.1. The molecule has 1 aliphatic rings. The fraction of sp³-hybridized carbons (Fsp3) is 0.263. The number of alkyl carbamates (subject to hydrolysis) is 1. The second-order valence-electron chi connectivity index (χ2n) is 5.97. The van der Waals surface area contributed by atoms with Gasteiger partial charge in [-0.1, -0.05) is 37.3 Å². The SMILES string of the molecule is [CH2]C[C@@H]1C[C@]1(NC(=O)OCc1ccccc1)c1cc(F)ccc1F. The number of hydrogen-bond acceptors (Lipinski definition) is 2. The molecule has 0 bridgehead atoms. The van der Waals surface area contributed by atoms with Crippen LogP contribution in [0, 0.1) is 24.5 Å². The first-order chi connectivity index (χ1) is 11.5. The van der Waals surface area contributed by atoms with Crippen LogP contribution in [0.4, 0.5) is 13.6 Å². The van der Waals surface area contributed by atoms with Gasteiger partial charge < -0.3 is 10.1 Å². The van der Waals surface area contributed by atoms with E-state index in [9.17, 15) is 13.6 Å². The van der Waals surface area contributed by atoms with Crippen LogP contribution in [0.15, 0.2) is 48.5 Å². The van der Waals surface area contributed by atoms with E-state index in [-0.39, 0.29) is 18.1 Å². The molecule has 125 valence electrons. The van der Waals surface area contributed by atoms with E-state index < -0.39 is 23.3 Å². The normalized spacial score (nSPS) is 22.0. The fourth-order valence-corrected chi connectivity index (χ4v) is 3.01. The molecule has 3 rings (SSSR count). The minimum atomic E-state index is -0.943. The van der Waals surface area contributed by atoms with Crippen LogP contribution in [0.5, 0.6) is 0 Å². The van der Waals surface area contributed by atoms with E-state index >= 15 is 0 Å². The summed E-state index contributed by atoms with van der Waals surface area (Å²) in [4.78, 5) is 12.1. The monoisotopic (exact) mass is 330 g/mol. The molecule has 0 unspecified atom stereocenters. The van der Waals surface area contributed by atoms with Gasteiger partial charge in [0.1, 0.15) is 18.2 Å². The van der Waals surface area contributed by atoms with Crippen molar-refractivity contribution < 1.29 is 18.3 Å². The zero-order valence-corrected chi connectivity index (χ0v) is 13.1. The van der Waals surface area contributed by atoms with Crippen molar-refractivity contribution in [3.63, 3.8) is 0 Å². The lowest BCUT2D eigenvalue weighted by Crippen LogP contribution is -2.37. The van der Waals surface area contributed by atoms with Gasteiger partial charge in [-0.2, -0.15) is 0 Å². The van der Waals surface area contributed by atoms with E-state index in [4.69, 9.17) is 4.74 Å². The average molecular weight is 330 g/mol. The number of amides is 1. The summed E-state index contributed by atoms with van der Waals surface area (Å²) in [6.45, 7) is 3.93. The zero-order valence-electron chi connectivity index (χ0n) is 13.1. The van der Waals surface area contributed by atoms with E-state index in [1.165, 1.54) is 0 Å². The highest BCUT2D eigenvalue weighted by molar-refractivity contribution is 5.70. The summed E-state index contributed by atoms with van der Waals surface area (Å²) in [5, 5.41) is 2.72. The third kappa shape index (κ3) is 3.25. The molecule has 1 aliphatic carbocycles. The first kappa shape index (κ1) is 16.4. The number of halogens is 2. The molecule has 1 amide bonds. The zero-order chi connectivity index (χ0) is 17.2. The summed E-state index contributed by atoms with van der Waals surface area (Å²) in [6, 6.07) is 12.5. The Morgan fingerprint density at radius 1 is 1.25 bits per heavy atom. The average Bonchev–Trinajstić information content (AvgIpc) is 3.30. The van der Waals surface area contributed by atoms with Crippen LogP contribution in [-0.4, -0.2) is 6.09 Å². The van der Waals surface area contributed by atoms with E-state index in [1.54, 1.807) is 0 Å². The van der Waals surface area contributed by atoms with E-state index in [2.05, 4.69) is 12.2 Å². The Kier molecular flexibility index (Phi) is 4.51. The molecule has 2 aromatic carbocycles. The maximum Gasteiger partial charge on any atom is 0.408 e. The second kappa shape index (κ2) is 6.59. The highest BCUT2D eigenvalue weighted by Crippen LogP contribution is 2.54. The van der Waals surface area contributed by atoms with Crippen LogP contribution >= 0.6 is 0 Å². The number of benzene rings is 2. The van der Waals surface area contributed by atoms with Crippen molar-refractivity contribution in [2.24, 2.45) is 5.92 Å². The molecule has 1 fully saturated rings. The van der Waals surface area contributed by atoms with Gasteiger partial charge in [0.15, 0.2) is 0 Å². The van der Waals surface area contributed by atoms with Crippen molar-refractivity contribution in [1.82, 2.24) is 5.32 Å². The Hall–Kier alpha value is -2.43. The molecule has 0 heterocycles. The van der Waals surface area contributed by atoms with Crippen LogP contribution < -0.4 is 5.32 Å². The molecule has 5 heteroatoms. The Balaban J connectivity index is 1.72. The molecular weight excluding hydrogens is 312 g/mol. The quantitative estimate of drug-likeness (QED) is 0.886. The summed E-state index contributed by atoms with van der Waals surface area (Å²) in [7, 11) is 0. The van der Waals surface area contributed by atoms with Gasteiger partial charge in [0.2, 0.25) is 0 Å². The lowest BCUT2D eigenvalue weighted by atomic mass is 10.0. The summed E-state index contributed by atoms with van der Waals surface area (Å²) >= 11 is 0. The maximum atomic E-state index is 14.1. The molecule has 0 aromatic heterocycles. The summed E-state index contributed by atoms with van der Waals surface area (Å²) in [5.41, 5.74) is 0.0535. The number of carbonyl (C=O) groups excluding carboxylic acids is 1. The third-order valence-corrected chi connectivity index (χ3v) is 4.40. The van der Waals surface area contributed by atoms with Crippen LogP contribution in [0.1, 0.15) is 24.0 Å². The van der Waals surface area contributed by atoms with Gasteiger partial charge in [-0.15, -0.1) is 0 Å². The number of carbonyl (C=O) groups is 1. The molecule has 24 heavy (non-hydrogen) atoms. The number of hydrogen-bond donors (Lipinski definition) is 1. The van der Waals surface area contributed by atoms with Crippen molar-refractivity contribution >= 4 is 6.09 Å². The molecule has 3 nitrogen and oxygen atoms in total. The number of rotatable bonds is 5. The Morgan fingerprint density at radius 3 is 2.67 bits per heavy atom. The topological polar surface area (TPSA) is 38.3 Å². The second-order valence-corrected chi connectivity index (χ2v) is 5.97. The Morgan fingerprint density at radius 2 is 2.00 bits per heavy atom. The van der Waals surface area contributed by atoms with Crippen LogP contribution in [0.25, 0.3) is 0 Å². The van der Waals surface area contributed by atoms with Crippen molar-refractivity contribution in [2.45, 2.75) is 25.0 Å². The summed E-state index contributed by atoms with van der Waals surface area (Å²) < 4.78 is 32.9. The number of nitrogens with one attached hydrogen (secondary N) is 1. The summed E-state index contributed by atoms with van der Waals surface area (Å²) in [5.74, 6) is -1.13. The van der Waals surface area contributed by atoms with Crippen LogP contribution in [0.3, 0.4) is 0 Å². The van der Waals surface area contributed by atoms with Gasteiger partial charge in [0.25, 0.3) is 0 Å². The van der Waals surface area contributed by atoms with Crippen molar-refractivity contribution in [1.29, 1.82) is 0 Å². The fourth-order valence-electron chi connectivity index (χ4n) is 3.01. The van der Waals surface area contributed by atoms with Gasteiger partial charge in [-0.3, -0.25) is 0 Å². The molecule has 2 atom stereocenters. The van der Waals surface area contributed by atoms with Gasteiger partial charge in [0, 0.05) is 5.56 Å². The molecule has 0 spiro atoms. The molecule has 1 radical (unpaired) electrons. The Bertz CT molecular complexity index is 735. The lowest BCUT2D eigenvalue weighted by molar-refractivity contribution is 0.133. The number of ether oxygens (including phenoxy) is 1. The minimum absolute atomic E-state index is 0.0434. The molecule has 0 saturated heterocycles. The summed E-state index contributed by atoms with van der Waals surface area (Å²) in [6.07, 6.45) is 0.366. The van der Waals surface area contributed by atoms with E-state index in [0.29, 0.717) is 12.8 Å². The van der Waals surface area contributed by atoms with Gasteiger partial charge >= 0.3 is 6.09 Å². The minimum Gasteiger partial charge on any atom is -0.445 e. The molecule has 1 N–H and O–H groups in total. The lowest BCUT2D eigenvalue weighted by Gasteiger charge is -2.20. The van der Waals surface area contributed by atoms with E-state index in [0.717, 1.165) is 23.8 Å². The van der Waals surface area contributed by atoms with Gasteiger partial charge in [-0.25, -0.2) is 13.6 Å². The first-order valence-corrected chi connectivity index (χ1v) is 7.79. The van der Waals surface area contributed by atoms with Crippen molar-refractivity contribution in [3.05, 3.63) is 78.2 Å². The van der Waals surface area contributed by atoms with Crippen LogP contribution in [-0.2, 0) is 16.9 Å². The molecule has 2 aromatic rings. The largest absolute Gasteiger partial charge is 0.445 e. The van der Waals surface area contributed by atoms with Gasteiger partial charge in [0.05, 0.1) is 5.54 Å². The smallest absolute Gasteiger partial charge is 0.408 e. The van der Waals surface area contributed by atoms with Crippen LogP contribution in [0.2, 0.25) is 0 Å². The van der Waals surface area contributed by atoms with Gasteiger partial charge in [-0.05, 0) is 42.5 Å². The third-order valence-electron chi connectivity index (χ3n) is 4.40. The molecular formula is C19H18F2NO2. The standard InChI is InChI=1S/C19H18F2NO2/c1-2-14-11-19(14,16-10-15(20)8-9-17(16)21)22-18(23)24-12-13-6-4-3-5-7-13/h3-10,14H,1-2,11-12H2,(H,22,23)/t14-,19-/m1/s1. The highest BCUT2D eigenvalue weighted by Gasteiger charge is 2.57. The van der Waals surface area contributed by atoms with Crippen molar-refractivity contribution in [2.75, 3.05) is 0 Å². The molecule has 0 aliphatic heterocycles. The Labute approximate surface area is 139 Å². The van der Waals surface area contributed by atoms with E-state index in [1.807, 2.05) is 30.3 Å².